The second-order valence-electron chi connectivity index (χ2n) is 3.39. The maximum Gasteiger partial charge on any atom is 0.261 e. The fourth-order valence-electron chi connectivity index (χ4n) is 1.46. The Morgan fingerprint density at radius 2 is 2.19 bits per heavy atom. The van der Waals surface area contributed by atoms with Crippen molar-refractivity contribution in [2.75, 3.05) is 6.54 Å². The molecule has 1 heterocycles. The Hall–Kier alpha value is -1.17. The second kappa shape index (κ2) is 4.37. The van der Waals surface area contributed by atoms with Crippen LogP contribution in [-0.4, -0.2) is 18.6 Å². The van der Waals surface area contributed by atoms with Gasteiger partial charge in [0.15, 0.2) is 17.7 Å². The largest absolute Gasteiger partial charge is 0.477 e. The minimum atomic E-state index is -1.08. The van der Waals surface area contributed by atoms with E-state index in [1.54, 1.807) is 0 Å². The number of hydrogen-bond acceptors (Lipinski definition) is 2. The summed E-state index contributed by atoms with van der Waals surface area (Å²) in [5.41, 5.74) is 0. The van der Waals surface area contributed by atoms with E-state index in [-0.39, 0.29) is 11.7 Å². The molecule has 1 atom stereocenters. The van der Waals surface area contributed by atoms with Gasteiger partial charge in [0.2, 0.25) is 5.82 Å². The summed E-state index contributed by atoms with van der Waals surface area (Å²) in [5.74, 6) is -2.65. The normalized spacial score (nSPS) is 19.7. The Morgan fingerprint density at radius 3 is 2.81 bits per heavy atom. The number of halogens is 3. The van der Waals surface area contributed by atoms with Crippen molar-refractivity contribution in [3.05, 3.63) is 28.2 Å². The van der Waals surface area contributed by atoms with E-state index >= 15 is 0 Å². The molecular weight excluding hydrogens is 284 g/mol. The monoisotopic (exact) mass is 291 g/mol. The van der Waals surface area contributed by atoms with E-state index in [2.05, 4.69) is 21.2 Å². The molecule has 1 amide bonds. The zero-order valence-electron chi connectivity index (χ0n) is 8.10. The molecule has 0 spiro atoms. The van der Waals surface area contributed by atoms with Gasteiger partial charge in [0.1, 0.15) is 0 Å². The molecule has 6 heteroatoms. The molecule has 16 heavy (non-hydrogen) atoms. The van der Waals surface area contributed by atoms with E-state index in [1.807, 2.05) is 0 Å². The highest BCUT2D eigenvalue weighted by Crippen LogP contribution is 2.27. The summed E-state index contributed by atoms with van der Waals surface area (Å²) in [6.07, 6.45) is -0.296. The van der Waals surface area contributed by atoms with Gasteiger partial charge in [-0.15, -0.1) is 0 Å². The van der Waals surface area contributed by atoms with Crippen LogP contribution in [0.5, 0.6) is 5.75 Å². The van der Waals surface area contributed by atoms with Crippen LogP contribution in [0.3, 0.4) is 0 Å². The summed E-state index contributed by atoms with van der Waals surface area (Å²) in [6, 6.07) is 2.29. The minimum absolute atomic E-state index is 0.256. The van der Waals surface area contributed by atoms with Gasteiger partial charge in [-0.05, 0) is 12.1 Å². The van der Waals surface area contributed by atoms with Crippen LogP contribution in [0.2, 0.25) is 0 Å². The van der Waals surface area contributed by atoms with E-state index in [1.165, 1.54) is 6.07 Å². The van der Waals surface area contributed by atoms with Gasteiger partial charge in [0.25, 0.3) is 5.91 Å². The lowest BCUT2D eigenvalue weighted by Gasteiger charge is -2.12. The van der Waals surface area contributed by atoms with Crippen LogP contribution in [0.15, 0.2) is 16.6 Å². The van der Waals surface area contributed by atoms with E-state index in [4.69, 9.17) is 4.74 Å². The Morgan fingerprint density at radius 1 is 1.44 bits per heavy atom. The number of carbonyl (C=O) groups is 1. The highest BCUT2D eigenvalue weighted by molar-refractivity contribution is 9.10. The highest BCUT2D eigenvalue weighted by Gasteiger charge is 2.27. The van der Waals surface area contributed by atoms with Crippen molar-refractivity contribution in [1.29, 1.82) is 0 Å². The Bertz CT molecular complexity index is 439. The van der Waals surface area contributed by atoms with E-state index in [9.17, 15) is 13.6 Å². The lowest BCUT2D eigenvalue weighted by molar-refractivity contribution is -0.125. The number of carbonyl (C=O) groups excluding carboxylic acids is 1. The lowest BCUT2D eigenvalue weighted by atomic mass is 10.3. The van der Waals surface area contributed by atoms with Crippen LogP contribution in [0, 0.1) is 11.6 Å². The van der Waals surface area contributed by atoms with E-state index < -0.39 is 17.7 Å². The van der Waals surface area contributed by atoms with Gasteiger partial charge in [-0.1, -0.05) is 15.9 Å². The summed E-state index contributed by atoms with van der Waals surface area (Å²) in [7, 11) is 0. The average molecular weight is 292 g/mol. The fourth-order valence-corrected chi connectivity index (χ4v) is 1.86. The van der Waals surface area contributed by atoms with Crippen LogP contribution in [0.4, 0.5) is 8.78 Å². The van der Waals surface area contributed by atoms with Gasteiger partial charge in [-0.2, -0.15) is 4.39 Å². The van der Waals surface area contributed by atoms with Gasteiger partial charge in [0, 0.05) is 17.4 Å². The summed E-state index contributed by atoms with van der Waals surface area (Å²) >= 11 is 3.02. The topological polar surface area (TPSA) is 38.3 Å². The Labute approximate surface area is 98.9 Å². The third-order valence-electron chi connectivity index (χ3n) is 2.23. The molecule has 1 aromatic rings. The van der Waals surface area contributed by atoms with Crippen molar-refractivity contribution in [2.45, 2.75) is 12.5 Å². The first-order valence-electron chi connectivity index (χ1n) is 4.67. The smallest absolute Gasteiger partial charge is 0.261 e. The first kappa shape index (κ1) is 11.3. The van der Waals surface area contributed by atoms with Gasteiger partial charge < -0.3 is 10.1 Å². The SMILES string of the molecule is O=C1NCCC1Oc1cc(Br)cc(F)c1F. The molecule has 1 fully saturated rings. The third-order valence-corrected chi connectivity index (χ3v) is 2.68. The van der Waals surface area contributed by atoms with Crippen molar-refractivity contribution in [2.24, 2.45) is 0 Å². The van der Waals surface area contributed by atoms with Gasteiger partial charge in [-0.25, -0.2) is 4.39 Å². The van der Waals surface area contributed by atoms with Crippen LogP contribution in [0.25, 0.3) is 0 Å². The van der Waals surface area contributed by atoms with Gasteiger partial charge >= 0.3 is 0 Å². The highest BCUT2D eigenvalue weighted by atomic mass is 79.9. The molecule has 1 N–H and O–H groups in total. The molecule has 1 unspecified atom stereocenters. The number of hydrogen-bond donors (Lipinski definition) is 1. The van der Waals surface area contributed by atoms with Crippen LogP contribution >= 0.6 is 15.9 Å². The zero-order chi connectivity index (χ0) is 11.7. The molecular formula is C10H8BrF2NO2. The molecule has 1 saturated heterocycles. The van der Waals surface area contributed by atoms with Crippen molar-refractivity contribution in [3.63, 3.8) is 0 Å². The maximum atomic E-state index is 13.3. The molecule has 0 aliphatic carbocycles. The summed E-state index contributed by atoms with van der Waals surface area (Å²) in [5, 5.41) is 2.55. The predicted octanol–water partition coefficient (Wildman–Crippen LogP) is 1.99. The molecule has 2 rings (SSSR count). The van der Waals surface area contributed by atoms with Crippen molar-refractivity contribution < 1.29 is 18.3 Å². The van der Waals surface area contributed by atoms with Gasteiger partial charge in [0.05, 0.1) is 0 Å². The number of benzene rings is 1. The predicted molar refractivity (Wildman–Crippen MR) is 56.1 cm³/mol. The van der Waals surface area contributed by atoms with Crippen molar-refractivity contribution in [3.8, 4) is 5.75 Å². The fraction of sp³-hybridized carbons (Fsp3) is 0.300. The van der Waals surface area contributed by atoms with Crippen LogP contribution in [0.1, 0.15) is 6.42 Å². The molecule has 86 valence electrons. The zero-order valence-corrected chi connectivity index (χ0v) is 9.68. The van der Waals surface area contributed by atoms with Crippen LogP contribution < -0.4 is 10.1 Å². The molecule has 1 aliphatic heterocycles. The Balaban J connectivity index is 2.24. The van der Waals surface area contributed by atoms with Crippen LogP contribution in [-0.2, 0) is 4.79 Å². The first-order chi connectivity index (χ1) is 7.58. The number of amides is 1. The molecule has 0 radical (unpaired) electrons. The summed E-state index contributed by atoms with van der Waals surface area (Å²) in [6.45, 7) is 0.488. The van der Waals surface area contributed by atoms with Crippen molar-refractivity contribution >= 4 is 21.8 Å². The standard InChI is InChI=1S/C10H8BrF2NO2/c11-5-3-6(12)9(13)8(4-5)16-7-1-2-14-10(7)15/h3-4,7H,1-2H2,(H,14,15). The third kappa shape index (κ3) is 2.16. The molecule has 1 aromatic carbocycles. The quantitative estimate of drug-likeness (QED) is 0.847. The molecule has 1 aliphatic rings. The Kier molecular flexibility index (Phi) is 3.09. The number of ether oxygens (including phenoxy) is 1. The lowest BCUT2D eigenvalue weighted by Crippen LogP contribution is -2.28. The second-order valence-corrected chi connectivity index (χ2v) is 4.30. The molecule has 0 saturated carbocycles. The summed E-state index contributed by atoms with van der Waals surface area (Å²) < 4.78 is 31.8. The molecule has 0 aromatic heterocycles. The van der Waals surface area contributed by atoms with E-state index in [0.29, 0.717) is 17.4 Å². The molecule has 3 nitrogen and oxygen atoms in total. The minimum Gasteiger partial charge on any atom is -0.477 e. The number of rotatable bonds is 2. The van der Waals surface area contributed by atoms with E-state index in [0.717, 1.165) is 6.07 Å². The average Bonchev–Trinajstić information content (AvgIpc) is 2.60. The first-order valence-corrected chi connectivity index (χ1v) is 5.46. The summed E-state index contributed by atoms with van der Waals surface area (Å²) in [4.78, 5) is 11.2. The maximum absolute atomic E-state index is 13.3. The van der Waals surface area contributed by atoms with Crippen molar-refractivity contribution in [1.82, 2.24) is 5.32 Å². The van der Waals surface area contributed by atoms with Gasteiger partial charge in [-0.3, -0.25) is 4.79 Å². The molecule has 0 bridgehead atoms. The number of nitrogens with one attached hydrogen (secondary N) is 1.